The van der Waals surface area contributed by atoms with Gasteiger partial charge in [0.25, 0.3) is 0 Å². The lowest BCUT2D eigenvalue weighted by atomic mass is 9.60. The maximum absolute atomic E-state index is 12.1. The maximum atomic E-state index is 12.1. The van der Waals surface area contributed by atoms with E-state index in [0.717, 1.165) is 19.6 Å². The highest BCUT2D eigenvalue weighted by molar-refractivity contribution is 5.81. The number of carbonyl (C=O) groups is 1. The van der Waals surface area contributed by atoms with Crippen molar-refractivity contribution in [3.05, 3.63) is 0 Å². The molecule has 2 rings (SSSR count). The largest absolute Gasteiger partial charge is 0.378 e. The number of hydrogen-bond acceptors (Lipinski definition) is 3. The number of ether oxygens (including phenoxy) is 1. The molecule has 0 saturated heterocycles. The molecule has 122 valence electrons. The van der Waals surface area contributed by atoms with Gasteiger partial charge in [0.2, 0.25) is 5.91 Å². The summed E-state index contributed by atoms with van der Waals surface area (Å²) in [5.74, 6) is 0.616. The summed E-state index contributed by atoms with van der Waals surface area (Å²) in [5, 5.41) is 6.59. The van der Waals surface area contributed by atoms with Crippen molar-refractivity contribution < 1.29 is 9.53 Å². The Morgan fingerprint density at radius 2 is 1.95 bits per heavy atom. The molecule has 1 spiro atoms. The van der Waals surface area contributed by atoms with Crippen molar-refractivity contribution in [1.82, 2.24) is 10.6 Å². The molecule has 2 aliphatic rings. The summed E-state index contributed by atoms with van der Waals surface area (Å²) in [4.78, 5) is 12.1. The predicted octanol–water partition coefficient (Wildman–Crippen LogP) is 2.47. The van der Waals surface area contributed by atoms with Gasteiger partial charge in [0, 0.05) is 24.6 Å². The third-order valence-corrected chi connectivity index (χ3v) is 5.22. The molecule has 0 heterocycles. The van der Waals surface area contributed by atoms with Crippen LogP contribution in [0.1, 0.15) is 59.8 Å². The molecule has 4 heteroatoms. The first-order chi connectivity index (χ1) is 9.99. The summed E-state index contributed by atoms with van der Waals surface area (Å²) in [7, 11) is 0. The van der Waals surface area contributed by atoms with E-state index in [9.17, 15) is 4.79 Å². The van der Waals surface area contributed by atoms with Crippen LogP contribution >= 0.6 is 0 Å². The molecule has 21 heavy (non-hydrogen) atoms. The SMILES string of the molecule is CCOC1CC(NC(C)C(=O)NCC(C)C)C12CCCC2. The molecule has 2 saturated carbocycles. The average molecular weight is 296 g/mol. The van der Waals surface area contributed by atoms with Crippen LogP contribution in [0.25, 0.3) is 0 Å². The van der Waals surface area contributed by atoms with Gasteiger partial charge in [-0.2, -0.15) is 0 Å². The van der Waals surface area contributed by atoms with Gasteiger partial charge in [-0.3, -0.25) is 4.79 Å². The summed E-state index contributed by atoms with van der Waals surface area (Å²) in [5.41, 5.74) is 0.294. The number of rotatable bonds is 7. The number of nitrogens with one attached hydrogen (secondary N) is 2. The zero-order valence-corrected chi connectivity index (χ0v) is 14.1. The summed E-state index contributed by atoms with van der Waals surface area (Å²) >= 11 is 0. The molecule has 2 fully saturated rings. The minimum Gasteiger partial charge on any atom is -0.378 e. The summed E-state index contributed by atoms with van der Waals surface area (Å²) in [6.45, 7) is 9.83. The first kappa shape index (κ1) is 16.8. The van der Waals surface area contributed by atoms with Gasteiger partial charge < -0.3 is 15.4 Å². The number of amides is 1. The highest BCUT2D eigenvalue weighted by atomic mass is 16.5. The van der Waals surface area contributed by atoms with Crippen LogP contribution in [0, 0.1) is 11.3 Å². The van der Waals surface area contributed by atoms with Crippen LogP contribution in [0.4, 0.5) is 0 Å². The second-order valence-corrected chi connectivity index (χ2v) is 7.20. The van der Waals surface area contributed by atoms with Crippen LogP contribution in [-0.4, -0.2) is 37.2 Å². The van der Waals surface area contributed by atoms with Gasteiger partial charge in [-0.05, 0) is 39.0 Å². The van der Waals surface area contributed by atoms with Crippen LogP contribution in [0.3, 0.4) is 0 Å². The molecule has 0 aromatic heterocycles. The first-order valence-corrected chi connectivity index (χ1v) is 8.65. The quantitative estimate of drug-likeness (QED) is 0.759. The third-order valence-electron chi connectivity index (χ3n) is 5.22. The highest BCUT2D eigenvalue weighted by Gasteiger charge is 2.56. The van der Waals surface area contributed by atoms with Gasteiger partial charge in [-0.1, -0.05) is 26.7 Å². The van der Waals surface area contributed by atoms with E-state index in [1.54, 1.807) is 0 Å². The van der Waals surface area contributed by atoms with Gasteiger partial charge >= 0.3 is 0 Å². The topological polar surface area (TPSA) is 50.4 Å². The minimum atomic E-state index is -0.117. The van der Waals surface area contributed by atoms with E-state index in [1.165, 1.54) is 25.7 Å². The van der Waals surface area contributed by atoms with Gasteiger partial charge in [0.1, 0.15) is 0 Å². The van der Waals surface area contributed by atoms with E-state index in [4.69, 9.17) is 4.74 Å². The Balaban J connectivity index is 1.86. The molecule has 0 aliphatic heterocycles. The zero-order valence-electron chi connectivity index (χ0n) is 14.1. The molecule has 2 aliphatic carbocycles. The molecule has 4 nitrogen and oxygen atoms in total. The fourth-order valence-corrected chi connectivity index (χ4v) is 3.96. The Bertz CT molecular complexity index is 351. The Morgan fingerprint density at radius 1 is 1.29 bits per heavy atom. The van der Waals surface area contributed by atoms with Crippen molar-refractivity contribution in [3.8, 4) is 0 Å². The van der Waals surface area contributed by atoms with E-state index in [2.05, 4.69) is 31.4 Å². The molecule has 1 amide bonds. The van der Waals surface area contributed by atoms with E-state index in [-0.39, 0.29) is 11.9 Å². The van der Waals surface area contributed by atoms with Crippen LogP contribution in [0.15, 0.2) is 0 Å². The highest BCUT2D eigenvalue weighted by Crippen LogP contribution is 2.54. The second-order valence-electron chi connectivity index (χ2n) is 7.20. The van der Waals surface area contributed by atoms with Crippen molar-refractivity contribution in [1.29, 1.82) is 0 Å². The Labute approximate surface area is 129 Å². The summed E-state index contributed by atoms with van der Waals surface area (Å²) in [6.07, 6.45) is 6.54. The molecular weight excluding hydrogens is 264 g/mol. The Hall–Kier alpha value is -0.610. The van der Waals surface area contributed by atoms with Gasteiger partial charge in [-0.25, -0.2) is 0 Å². The standard InChI is InChI=1S/C17H32N2O2/c1-5-21-15-10-14(17(15)8-6-7-9-17)19-13(4)16(20)18-11-12(2)3/h12-15,19H,5-11H2,1-4H3,(H,18,20). The van der Waals surface area contributed by atoms with E-state index < -0.39 is 0 Å². The molecule has 3 atom stereocenters. The fourth-order valence-electron chi connectivity index (χ4n) is 3.96. The summed E-state index contributed by atoms with van der Waals surface area (Å²) < 4.78 is 5.93. The van der Waals surface area contributed by atoms with Crippen LogP contribution < -0.4 is 10.6 Å². The predicted molar refractivity (Wildman–Crippen MR) is 85.2 cm³/mol. The smallest absolute Gasteiger partial charge is 0.236 e. The Morgan fingerprint density at radius 3 is 2.52 bits per heavy atom. The lowest BCUT2D eigenvalue weighted by molar-refractivity contribution is -0.138. The lowest BCUT2D eigenvalue weighted by Gasteiger charge is -2.55. The monoisotopic (exact) mass is 296 g/mol. The van der Waals surface area contributed by atoms with Gasteiger partial charge in [0.15, 0.2) is 0 Å². The van der Waals surface area contributed by atoms with Crippen molar-refractivity contribution in [2.24, 2.45) is 11.3 Å². The third kappa shape index (κ3) is 3.59. The molecular formula is C17H32N2O2. The Kier molecular flexibility index (Phi) is 5.67. The second kappa shape index (κ2) is 7.10. The van der Waals surface area contributed by atoms with Crippen LogP contribution in [0.2, 0.25) is 0 Å². The van der Waals surface area contributed by atoms with E-state index >= 15 is 0 Å². The number of carbonyl (C=O) groups excluding carboxylic acids is 1. The minimum absolute atomic E-state index is 0.117. The van der Waals surface area contributed by atoms with E-state index in [0.29, 0.717) is 23.5 Å². The average Bonchev–Trinajstić information content (AvgIpc) is 2.95. The number of hydrogen-bond donors (Lipinski definition) is 2. The summed E-state index contributed by atoms with van der Waals surface area (Å²) in [6, 6.07) is 0.324. The maximum Gasteiger partial charge on any atom is 0.236 e. The first-order valence-electron chi connectivity index (χ1n) is 8.65. The fraction of sp³-hybridized carbons (Fsp3) is 0.941. The molecule has 0 aromatic rings. The van der Waals surface area contributed by atoms with Crippen LogP contribution in [0.5, 0.6) is 0 Å². The molecule has 0 aromatic carbocycles. The molecule has 0 bridgehead atoms. The van der Waals surface area contributed by atoms with Crippen LogP contribution in [-0.2, 0) is 9.53 Å². The zero-order chi connectivity index (χ0) is 15.5. The van der Waals surface area contributed by atoms with Crippen molar-refractivity contribution >= 4 is 5.91 Å². The molecule has 0 radical (unpaired) electrons. The molecule has 3 unspecified atom stereocenters. The molecule has 2 N–H and O–H groups in total. The van der Waals surface area contributed by atoms with Gasteiger partial charge in [-0.15, -0.1) is 0 Å². The van der Waals surface area contributed by atoms with Crippen molar-refractivity contribution in [3.63, 3.8) is 0 Å². The van der Waals surface area contributed by atoms with Crippen molar-refractivity contribution in [2.45, 2.75) is 78.0 Å². The normalized spacial score (nSPS) is 28.6. The lowest BCUT2D eigenvalue weighted by Crippen LogP contribution is -2.65. The van der Waals surface area contributed by atoms with Crippen molar-refractivity contribution in [2.75, 3.05) is 13.2 Å². The van der Waals surface area contributed by atoms with Gasteiger partial charge in [0.05, 0.1) is 12.1 Å². The van der Waals surface area contributed by atoms with E-state index in [1.807, 2.05) is 6.92 Å².